The molecule has 0 aliphatic heterocycles. The van der Waals surface area contributed by atoms with Crippen LogP contribution in [0.15, 0.2) is 12.4 Å². The van der Waals surface area contributed by atoms with Gasteiger partial charge in [-0.3, -0.25) is 5.10 Å². The summed E-state index contributed by atoms with van der Waals surface area (Å²) in [5, 5.41) is 6.53. The number of hydrogen-bond donors (Lipinski definition) is 1. The highest BCUT2D eigenvalue weighted by atomic mass is 16.5. The van der Waals surface area contributed by atoms with E-state index in [9.17, 15) is 0 Å². The molecule has 0 spiro atoms. The fraction of sp³-hybridized carbons (Fsp3) is 0.500. The number of rotatable bonds is 6. The number of aromatic amines is 1. The third kappa shape index (κ3) is 2.66. The van der Waals surface area contributed by atoms with Gasteiger partial charge in [-0.25, -0.2) is 9.97 Å². The molecule has 1 radical (unpaired) electrons. The molecule has 16 heavy (non-hydrogen) atoms. The van der Waals surface area contributed by atoms with Gasteiger partial charge in [0, 0.05) is 38.9 Å². The Balaban J connectivity index is 1.91. The maximum Gasteiger partial charge on any atom is 0.193 e. The highest BCUT2D eigenvalue weighted by molar-refractivity contribution is 4.95. The van der Waals surface area contributed by atoms with E-state index < -0.39 is 0 Å². The number of H-pyrrole nitrogens is 1. The van der Waals surface area contributed by atoms with Crippen molar-refractivity contribution in [1.82, 2.24) is 24.7 Å². The lowest BCUT2D eigenvalue weighted by Crippen LogP contribution is -2.08. The van der Waals surface area contributed by atoms with Crippen molar-refractivity contribution in [2.24, 2.45) is 0 Å². The zero-order valence-corrected chi connectivity index (χ0v) is 9.18. The summed E-state index contributed by atoms with van der Waals surface area (Å²) in [6.07, 6.45) is 7.92. The van der Waals surface area contributed by atoms with Crippen molar-refractivity contribution >= 4 is 0 Å². The summed E-state index contributed by atoms with van der Waals surface area (Å²) in [4.78, 5) is 8.25. The molecule has 6 heteroatoms. The minimum atomic E-state index is 0.692. The Labute approximate surface area is 93.7 Å². The minimum Gasteiger partial charge on any atom is -0.383 e. The van der Waals surface area contributed by atoms with Crippen LogP contribution in [0.3, 0.4) is 0 Å². The quantitative estimate of drug-likeness (QED) is 0.756. The molecular formula is C10H14N5O. The Morgan fingerprint density at radius 2 is 2.44 bits per heavy atom. The van der Waals surface area contributed by atoms with Crippen LogP contribution in [0.2, 0.25) is 0 Å². The lowest BCUT2D eigenvalue weighted by Gasteiger charge is -2.05. The van der Waals surface area contributed by atoms with E-state index in [1.54, 1.807) is 13.3 Å². The van der Waals surface area contributed by atoms with Gasteiger partial charge in [-0.1, -0.05) is 0 Å². The fourth-order valence-electron chi connectivity index (χ4n) is 1.50. The van der Waals surface area contributed by atoms with Gasteiger partial charge in [-0.2, -0.15) is 5.10 Å². The average Bonchev–Trinajstić information content (AvgIpc) is 2.94. The average molecular weight is 220 g/mol. The SMILES string of the molecule is COCCn1ccnc1CCc1n[c][nH]n1. The molecule has 0 bridgehead atoms. The van der Waals surface area contributed by atoms with Crippen LogP contribution in [0.25, 0.3) is 0 Å². The van der Waals surface area contributed by atoms with Crippen molar-refractivity contribution in [1.29, 1.82) is 0 Å². The second-order valence-electron chi connectivity index (χ2n) is 3.39. The molecule has 0 aliphatic carbocycles. The van der Waals surface area contributed by atoms with Crippen LogP contribution in [-0.4, -0.2) is 38.4 Å². The Hall–Kier alpha value is -1.69. The molecule has 2 aromatic heterocycles. The smallest absolute Gasteiger partial charge is 0.193 e. The molecule has 0 atom stereocenters. The van der Waals surface area contributed by atoms with Crippen LogP contribution >= 0.6 is 0 Å². The maximum absolute atomic E-state index is 5.04. The molecule has 0 unspecified atom stereocenters. The van der Waals surface area contributed by atoms with Gasteiger partial charge in [-0.15, -0.1) is 0 Å². The molecule has 0 aromatic carbocycles. The summed E-state index contributed by atoms with van der Waals surface area (Å²) in [5.74, 6) is 1.79. The van der Waals surface area contributed by atoms with Crippen LogP contribution in [-0.2, 0) is 24.1 Å². The number of nitrogens with one attached hydrogen (secondary N) is 1. The van der Waals surface area contributed by atoms with Gasteiger partial charge in [0.25, 0.3) is 0 Å². The number of aromatic nitrogens is 5. The van der Waals surface area contributed by atoms with E-state index in [1.807, 2.05) is 6.20 Å². The summed E-state index contributed by atoms with van der Waals surface area (Å²) >= 11 is 0. The highest BCUT2D eigenvalue weighted by Gasteiger charge is 2.04. The van der Waals surface area contributed by atoms with Crippen LogP contribution in [0.1, 0.15) is 11.6 Å². The predicted octanol–water partition coefficient (Wildman–Crippen LogP) is 0.233. The largest absolute Gasteiger partial charge is 0.383 e. The van der Waals surface area contributed by atoms with Crippen molar-refractivity contribution in [3.8, 4) is 0 Å². The summed E-state index contributed by atoms with van der Waals surface area (Å²) in [5.41, 5.74) is 0. The monoisotopic (exact) mass is 220 g/mol. The zero-order chi connectivity index (χ0) is 11.2. The Kier molecular flexibility index (Phi) is 3.66. The summed E-state index contributed by atoms with van der Waals surface area (Å²) in [6, 6.07) is 0. The minimum absolute atomic E-state index is 0.692. The first-order chi connectivity index (χ1) is 7.90. The van der Waals surface area contributed by atoms with E-state index in [2.05, 4.69) is 31.1 Å². The van der Waals surface area contributed by atoms with Gasteiger partial charge in [0.15, 0.2) is 12.2 Å². The van der Waals surface area contributed by atoms with Gasteiger partial charge >= 0.3 is 0 Å². The van der Waals surface area contributed by atoms with Crippen LogP contribution in [0.5, 0.6) is 0 Å². The van der Waals surface area contributed by atoms with Gasteiger partial charge < -0.3 is 9.30 Å². The van der Waals surface area contributed by atoms with E-state index in [-0.39, 0.29) is 0 Å². The van der Waals surface area contributed by atoms with E-state index in [0.717, 1.165) is 31.0 Å². The van der Waals surface area contributed by atoms with Crippen molar-refractivity contribution in [2.45, 2.75) is 19.4 Å². The van der Waals surface area contributed by atoms with Crippen molar-refractivity contribution < 1.29 is 4.74 Å². The number of hydrogen-bond acceptors (Lipinski definition) is 4. The van der Waals surface area contributed by atoms with E-state index in [1.165, 1.54) is 0 Å². The zero-order valence-electron chi connectivity index (χ0n) is 9.18. The fourth-order valence-corrected chi connectivity index (χ4v) is 1.50. The number of nitrogens with zero attached hydrogens (tertiary/aromatic N) is 4. The van der Waals surface area contributed by atoms with Crippen molar-refractivity contribution in [2.75, 3.05) is 13.7 Å². The first kappa shape index (κ1) is 10.8. The summed E-state index contributed by atoms with van der Waals surface area (Å²) < 4.78 is 7.12. The Morgan fingerprint density at radius 1 is 1.50 bits per heavy atom. The molecule has 0 saturated heterocycles. The molecule has 2 aromatic rings. The summed E-state index contributed by atoms with van der Waals surface area (Å²) in [6.45, 7) is 1.52. The van der Waals surface area contributed by atoms with Crippen LogP contribution in [0, 0.1) is 6.33 Å². The molecule has 0 aliphatic rings. The molecule has 2 heterocycles. The molecule has 0 fully saturated rings. The number of methoxy groups -OCH3 is 1. The molecule has 2 rings (SSSR count). The van der Waals surface area contributed by atoms with Crippen LogP contribution < -0.4 is 0 Å². The standard InChI is InChI=1S/C10H14N5O/c1-16-7-6-15-5-4-11-10(15)3-2-9-12-8-13-14-9/h4-5H,2-3,6-7H2,1H3,(H,12,13,14). The lowest BCUT2D eigenvalue weighted by atomic mass is 10.3. The third-order valence-corrected chi connectivity index (χ3v) is 2.33. The lowest BCUT2D eigenvalue weighted by molar-refractivity contribution is 0.186. The molecular weight excluding hydrogens is 206 g/mol. The Morgan fingerprint density at radius 3 is 3.19 bits per heavy atom. The number of aryl methyl sites for hydroxylation is 2. The van der Waals surface area contributed by atoms with E-state index in [4.69, 9.17) is 4.74 Å². The second-order valence-corrected chi connectivity index (χ2v) is 3.39. The van der Waals surface area contributed by atoms with Gasteiger partial charge in [0.2, 0.25) is 0 Å². The number of ether oxygens (including phenoxy) is 1. The van der Waals surface area contributed by atoms with Gasteiger partial charge in [0.1, 0.15) is 5.82 Å². The topological polar surface area (TPSA) is 68.6 Å². The van der Waals surface area contributed by atoms with Gasteiger partial charge in [0.05, 0.1) is 6.61 Å². The molecule has 85 valence electrons. The second kappa shape index (κ2) is 5.41. The molecule has 1 N–H and O–H groups in total. The molecule has 6 nitrogen and oxygen atoms in total. The molecule has 0 amide bonds. The van der Waals surface area contributed by atoms with E-state index in [0.29, 0.717) is 6.61 Å². The number of imidazole rings is 1. The normalized spacial score (nSPS) is 10.8. The van der Waals surface area contributed by atoms with E-state index >= 15 is 0 Å². The first-order valence-electron chi connectivity index (χ1n) is 5.16. The summed E-state index contributed by atoms with van der Waals surface area (Å²) in [7, 11) is 1.69. The third-order valence-electron chi connectivity index (χ3n) is 2.33. The maximum atomic E-state index is 5.04. The molecule has 0 saturated carbocycles. The van der Waals surface area contributed by atoms with Gasteiger partial charge in [-0.05, 0) is 0 Å². The Bertz CT molecular complexity index is 409. The first-order valence-corrected chi connectivity index (χ1v) is 5.16. The van der Waals surface area contributed by atoms with Crippen molar-refractivity contribution in [3.05, 3.63) is 30.4 Å². The van der Waals surface area contributed by atoms with Crippen molar-refractivity contribution in [3.63, 3.8) is 0 Å². The predicted molar refractivity (Wildman–Crippen MR) is 56.7 cm³/mol. The highest BCUT2D eigenvalue weighted by Crippen LogP contribution is 2.02. The van der Waals surface area contributed by atoms with Crippen LogP contribution in [0.4, 0.5) is 0 Å².